The Labute approximate surface area is 124 Å². The third-order valence-corrected chi connectivity index (χ3v) is 4.36. The summed E-state index contributed by atoms with van der Waals surface area (Å²) in [5.41, 5.74) is 0.757. The fourth-order valence-electron chi connectivity index (χ4n) is 3.04. The molecule has 0 radical (unpaired) electrons. The van der Waals surface area contributed by atoms with Crippen molar-refractivity contribution in [1.29, 1.82) is 0 Å². The molecule has 2 rings (SSSR count). The Morgan fingerprint density at radius 3 is 2.52 bits per heavy atom. The molecule has 1 aliphatic rings. The molecule has 1 N–H and O–H groups in total. The third-order valence-electron chi connectivity index (χ3n) is 4.36. The molecule has 1 aliphatic heterocycles. The molecule has 114 valence electrons. The van der Waals surface area contributed by atoms with Crippen LogP contribution in [0.25, 0.3) is 0 Å². The number of nitrogens with zero attached hydrogens (tertiary/aromatic N) is 1. The van der Waals surface area contributed by atoms with Crippen LogP contribution in [0.15, 0.2) is 24.3 Å². The monoisotopic (exact) mass is 291 g/mol. The van der Waals surface area contributed by atoms with Crippen molar-refractivity contribution in [3.05, 3.63) is 35.4 Å². The van der Waals surface area contributed by atoms with Gasteiger partial charge in [-0.15, -0.1) is 0 Å². The van der Waals surface area contributed by atoms with Gasteiger partial charge in [-0.25, -0.2) is 4.79 Å². The number of rotatable bonds is 5. The molecule has 5 nitrogen and oxygen atoms in total. The first kappa shape index (κ1) is 15.5. The summed E-state index contributed by atoms with van der Waals surface area (Å²) in [7, 11) is 1.35. The first-order valence-electron chi connectivity index (χ1n) is 7.19. The van der Waals surface area contributed by atoms with Crippen molar-refractivity contribution in [2.75, 3.05) is 13.7 Å². The van der Waals surface area contributed by atoms with Gasteiger partial charge in [-0.1, -0.05) is 19.1 Å². The Balaban J connectivity index is 2.14. The summed E-state index contributed by atoms with van der Waals surface area (Å²) in [6, 6.07) is 7.14. The van der Waals surface area contributed by atoms with E-state index < -0.39 is 11.5 Å². The molecule has 1 aromatic carbocycles. The number of carbonyl (C=O) groups is 2. The van der Waals surface area contributed by atoms with Gasteiger partial charge >= 0.3 is 11.9 Å². The topological polar surface area (TPSA) is 66.8 Å². The van der Waals surface area contributed by atoms with E-state index in [0.717, 1.165) is 18.5 Å². The molecule has 1 aromatic rings. The summed E-state index contributed by atoms with van der Waals surface area (Å²) in [6.45, 7) is 3.30. The van der Waals surface area contributed by atoms with Crippen LogP contribution in [0.1, 0.15) is 42.1 Å². The van der Waals surface area contributed by atoms with E-state index in [9.17, 15) is 14.7 Å². The Bertz CT molecular complexity index is 526. The van der Waals surface area contributed by atoms with Crippen LogP contribution in [0.3, 0.4) is 0 Å². The van der Waals surface area contributed by atoms with E-state index in [4.69, 9.17) is 0 Å². The SMILES string of the molecule is CCC1(C(=O)O)CCCN1Cc1ccc(C(=O)OC)cc1. The average molecular weight is 291 g/mol. The number of benzene rings is 1. The predicted octanol–water partition coefficient (Wildman–Crippen LogP) is 2.30. The Kier molecular flexibility index (Phi) is 4.63. The lowest BCUT2D eigenvalue weighted by Gasteiger charge is -2.33. The molecule has 1 fully saturated rings. The highest BCUT2D eigenvalue weighted by atomic mass is 16.5. The molecule has 0 bridgehead atoms. The van der Waals surface area contributed by atoms with Gasteiger partial charge in [0.25, 0.3) is 0 Å². The summed E-state index contributed by atoms with van der Waals surface area (Å²) in [6.07, 6.45) is 2.20. The zero-order valence-electron chi connectivity index (χ0n) is 12.5. The molecule has 0 amide bonds. The summed E-state index contributed by atoms with van der Waals surface area (Å²) in [5.74, 6) is -1.11. The highest BCUT2D eigenvalue weighted by Crippen LogP contribution is 2.34. The van der Waals surface area contributed by atoms with Crippen molar-refractivity contribution < 1.29 is 19.4 Å². The Morgan fingerprint density at radius 2 is 2.00 bits per heavy atom. The van der Waals surface area contributed by atoms with Crippen molar-refractivity contribution in [1.82, 2.24) is 4.90 Å². The van der Waals surface area contributed by atoms with Gasteiger partial charge in [0.1, 0.15) is 5.54 Å². The van der Waals surface area contributed by atoms with Gasteiger partial charge in [-0.3, -0.25) is 9.69 Å². The second kappa shape index (κ2) is 6.26. The predicted molar refractivity (Wildman–Crippen MR) is 78.1 cm³/mol. The largest absolute Gasteiger partial charge is 0.480 e. The summed E-state index contributed by atoms with van der Waals surface area (Å²) in [5, 5.41) is 9.56. The fourth-order valence-corrected chi connectivity index (χ4v) is 3.04. The van der Waals surface area contributed by atoms with Gasteiger partial charge in [0, 0.05) is 6.54 Å². The van der Waals surface area contributed by atoms with E-state index in [1.54, 1.807) is 12.1 Å². The molecule has 0 aliphatic carbocycles. The highest BCUT2D eigenvalue weighted by Gasteiger charge is 2.45. The van der Waals surface area contributed by atoms with Crippen LogP contribution in [0.5, 0.6) is 0 Å². The van der Waals surface area contributed by atoms with Crippen LogP contribution in [0.2, 0.25) is 0 Å². The minimum absolute atomic E-state index is 0.365. The lowest BCUT2D eigenvalue weighted by molar-refractivity contribution is -0.150. The van der Waals surface area contributed by atoms with E-state index >= 15 is 0 Å². The second-order valence-corrected chi connectivity index (χ2v) is 5.40. The van der Waals surface area contributed by atoms with Gasteiger partial charge in [-0.05, 0) is 43.5 Å². The number of carboxylic acids is 1. The molecule has 0 aromatic heterocycles. The van der Waals surface area contributed by atoms with Crippen LogP contribution >= 0.6 is 0 Å². The van der Waals surface area contributed by atoms with Crippen molar-refractivity contribution in [3.8, 4) is 0 Å². The summed E-state index contributed by atoms with van der Waals surface area (Å²) in [4.78, 5) is 25.1. The van der Waals surface area contributed by atoms with Gasteiger partial charge in [0.05, 0.1) is 12.7 Å². The van der Waals surface area contributed by atoms with Crippen LogP contribution in [-0.2, 0) is 16.1 Å². The number of methoxy groups -OCH3 is 1. The zero-order valence-corrected chi connectivity index (χ0v) is 12.5. The van der Waals surface area contributed by atoms with Crippen LogP contribution in [0, 0.1) is 0 Å². The molecule has 21 heavy (non-hydrogen) atoms. The lowest BCUT2D eigenvalue weighted by Crippen LogP contribution is -2.49. The number of carbonyl (C=O) groups excluding carboxylic acids is 1. The maximum Gasteiger partial charge on any atom is 0.337 e. The second-order valence-electron chi connectivity index (χ2n) is 5.40. The normalized spacial score (nSPS) is 22.2. The van der Waals surface area contributed by atoms with Crippen molar-refractivity contribution in [3.63, 3.8) is 0 Å². The smallest absolute Gasteiger partial charge is 0.337 e. The standard InChI is InChI=1S/C16H21NO4/c1-3-16(15(19)20)9-4-10-17(16)11-12-5-7-13(8-6-12)14(18)21-2/h5-8H,3-4,9-11H2,1-2H3,(H,19,20). The maximum absolute atomic E-state index is 11.6. The molecular weight excluding hydrogens is 270 g/mol. The molecule has 1 heterocycles. The van der Waals surface area contributed by atoms with Crippen LogP contribution in [-0.4, -0.2) is 41.1 Å². The van der Waals surface area contributed by atoms with Gasteiger partial charge in [0.2, 0.25) is 0 Å². The third kappa shape index (κ3) is 2.93. The van der Waals surface area contributed by atoms with Gasteiger partial charge in [0.15, 0.2) is 0 Å². The van der Waals surface area contributed by atoms with E-state index in [1.807, 2.05) is 24.0 Å². The maximum atomic E-state index is 11.6. The van der Waals surface area contributed by atoms with E-state index in [-0.39, 0.29) is 5.97 Å². The zero-order chi connectivity index (χ0) is 15.5. The van der Waals surface area contributed by atoms with Crippen molar-refractivity contribution >= 4 is 11.9 Å². The number of carboxylic acid groups (broad SMARTS) is 1. The number of esters is 1. The van der Waals surface area contributed by atoms with Crippen LogP contribution in [0.4, 0.5) is 0 Å². The summed E-state index contributed by atoms with van der Waals surface area (Å²) >= 11 is 0. The number of hydrogen-bond donors (Lipinski definition) is 1. The molecule has 0 spiro atoms. The Hall–Kier alpha value is -1.88. The molecule has 1 saturated heterocycles. The van der Waals surface area contributed by atoms with Gasteiger partial charge < -0.3 is 9.84 Å². The quantitative estimate of drug-likeness (QED) is 0.843. The number of aliphatic carboxylic acids is 1. The molecule has 0 saturated carbocycles. The Morgan fingerprint density at radius 1 is 1.33 bits per heavy atom. The molecule has 5 heteroatoms. The molecule has 1 atom stereocenters. The number of hydrogen-bond acceptors (Lipinski definition) is 4. The molecular formula is C16H21NO4. The average Bonchev–Trinajstić information content (AvgIpc) is 2.91. The van der Waals surface area contributed by atoms with E-state index in [2.05, 4.69) is 4.74 Å². The molecule has 1 unspecified atom stereocenters. The fraction of sp³-hybridized carbons (Fsp3) is 0.500. The minimum Gasteiger partial charge on any atom is -0.480 e. The van der Waals surface area contributed by atoms with Crippen molar-refractivity contribution in [2.45, 2.75) is 38.3 Å². The number of ether oxygens (including phenoxy) is 1. The van der Waals surface area contributed by atoms with Crippen molar-refractivity contribution in [2.24, 2.45) is 0 Å². The minimum atomic E-state index is -0.749. The first-order valence-corrected chi connectivity index (χ1v) is 7.19. The highest BCUT2D eigenvalue weighted by molar-refractivity contribution is 5.89. The summed E-state index contributed by atoms with van der Waals surface area (Å²) < 4.78 is 4.66. The van der Waals surface area contributed by atoms with Gasteiger partial charge in [-0.2, -0.15) is 0 Å². The van der Waals surface area contributed by atoms with E-state index in [1.165, 1.54) is 7.11 Å². The lowest BCUT2D eigenvalue weighted by atomic mass is 9.92. The number of likely N-dealkylation sites (tertiary alicyclic amines) is 1. The van der Waals surface area contributed by atoms with E-state index in [0.29, 0.717) is 24.9 Å². The first-order chi connectivity index (χ1) is 10.0. The van der Waals surface area contributed by atoms with Crippen LogP contribution < -0.4 is 0 Å².